The predicted octanol–water partition coefficient (Wildman–Crippen LogP) is 2.11. The first-order valence-corrected chi connectivity index (χ1v) is 10.7. The van der Waals surface area contributed by atoms with E-state index >= 15 is 0 Å². The highest BCUT2D eigenvalue weighted by atomic mass is 32.1. The molecule has 1 fully saturated rings. The molecule has 2 aromatic rings. The summed E-state index contributed by atoms with van der Waals surface area (Å²) in [6.07, 6.45) is 4.17. The summed E-state index contributed by atoms with van der Waals surface area (Å²) >= 11 is 1.55. The summed E-state index contributed by atoms with van der Waals surface area (Å²) in [6, 6.07) is 6.12. The van der Waals surface area contributed by atoms with E-state index in [0.29, 0.717) is 0 Å². The maximum Gasteiger partial charge on any atom is 0.246 e. The fourth-order valence-electron chi connectivity index (χ4n) is 3.54. The lowest BCUT2D eigenvalue weighted by Gasteiger charge is -2.24. The van der Waals surface area contributed by atoms with E-state index in [1.165, 1.54) is 37.9 Å². The van der Waals surface area contributed by atoms with E-state index in [2.05, 4.69) is 21.6 Å². The van der Waals surface area contributed by atoms with Crippen LogP contribution in [-0.2, 0) is 17.8 Å². The van der Waals surface area contributed by atoms with Gasteiger partial charge in [0.25, 0.3) is 0 Å². The van der Waals surface area contributed by atoms with Crippen LogP contribution in [0.4, 0.5) is 0 Å². The van der Waals surface area contributed by atoms with Crippen LogP contribution in [0.2, 0.25) is 0 Å². The number of carbonyl (C=O) groups excluding carboxylic acids is 1. The van der Waals surface area contributed by atoms with Crippen LogP contribution in [0.5, 0.6) is 5.75 Å². The number of aromatic nitrogens is 1. The van der Waals surface area contributed by atoms with Crippen molar-refractivity contribution in [3.8, 4) is 5.75 Å². The number of ether oxygens (including phenoxy) is 1. The van der Waals surface area contributed by atoms with Crippen molar-refractivity contribution < 1.29 is 14.4 Å². The van der Waals surface area contributed by atoms with Crippen molar-refractivity contribution in [2.24, 2.45) is 5.10 Å². The number of quaternary nitrogens is 1. The molecule has 1 aliphatic rings. The second-order valence-corrected chi connectivity index (χ2v) is 8.34. The summed E-state index contributed by atoms with van der Waals surface area (Å²) in [5, 5.41) is 7.15. The number of rotatable bonds is 7. The lowest BCUT2D eigenvalue weighted by atomic mass is 10.0. The lowest BCUT2D eigenvalue weighted by Crippen LogP contribution is -3.11. The molecule has 1 amide bonds. The third-order valence-corrected chi connectivity index (χ3v) is 5.88. The second kappa shape index (κ2) is 9.80. The maximum atomic E-state index is 12.1. The molecule has 0 unspecified atom stereocenters. The first-order chi connectivity index (χ1) is 13.5. The predicted molar refractivity (Wildman–Crippen MR) is 112 cm³/mol. The molecular weight excluding hydrogens is 372 g/mol. The van der Waals surface area contributed by atoms with Crippen LogP contribution >= 0.6 is 11.3 Å². The van der Waals surface area contributed by atoms with Gasteiger partial charge in [0.1, 0.15) is 12.3 Å². The molecule has 28 heavy (non-hydrogen) atoms. The number of likely N-dealkylation sites (tertiary alicyclic amines) is 1. The highest BCUT2D eigenvalue weighted by Gasteiger charge is 2.17. The van der Waals surface area contributed by atoms with Gasteiger partial charge in [0, 0.05) is 10.9 Å². The number of carbonyl (C=O) groups is 1. The van der Waals surface area contributed by atoms with Gasteiger partial charge in [0.2, 0.25) is 5.91 Å². The molecule has 0 saturated carbocycles. The third-order valence-electron chi connectivity index (χ3n) is 5.06. The molecular formula is C21H29N4O2S+. The molecule has 1 aromatic heterocycles. The van der Waals surface area contributed by atoms with E-state index in [0.717, 1.165) is 34.3 Å². The Morgan fingerprint density at radius 2 is 2.11 bits per heavy atom. The van der Waals surface area contributed by atoms with E-state index in [1.54, 1.807) is 23.3 Å². The number of hydrogen-bond acceptors (Lipinski definition) is 5. The molecule has 0 aliphatic carbocycles. The standard InChI is InChI=1S/C21H28N4O2S/c1-15(23-24-21(26)12-19-14-28-16(2)22-19)17-7-8-20(27-3)18(11-17)13-25-9-5-4-6-10-25/h7-8,11,14H,4-6,9-10,12-13H2,1-3H3,(H,24,26)/p+1/b23-15-. The van der Waals surface area contributed by atoms with Crippen molar-refractivity contribution in [3.63, 3.8) is 0 Å². The minimum atomic E-state index is -0.156. The summed E-state index contributed by atoms with van der Waals surface area (Å²) in [6.45, 7) is 7.23. The van der Waals surface area contributed by atoms with Gasteiger partial charge in [0.15, 0.2) is 0 Å². The van der Waals surface area contributed by atoms with Crippen LogP contribution in [0.1, 0.15) is 48.0 Å². The number of aryl methyl sites for hydroxylation is 1. The Labute approximate surface area is 170 Å². The summed E-state index contributed by atoms with van der Waals surface area (Å²) in [4.78, 5) is 18.0. The minimum absolute atomic E-state index is 0.156. The van der Waals surface area contributed by atoms with E-state index in [4.69, 9.17) is 4.74 Å². The Balaban J connectivity index is 1.66. The minimum Gasteiger partial charge on any atom is -0.496 e. The Bertz CT molecular complexity index is 841. The summed E-state index contributed by atoms with van der Waals surface area (Å²) in [5.41, 5.74) is 6.39. The maximum absolute atomic E-state index is 12.1. The Morgan fingerprint density at radius 3 is 2.79 bits per heavy atom. The molecule has 1 aromatic carbocycles. The highest BCUT2D eigenvalue weighted by molar-refractivity contribution is 7.09. The van der Waals surface area contributed by atoms with Gasteiger partial charge in [-0.15, -0.1) is 11.3 Å². The van der Waals surface area contributed by atoms with Gasteiger partial charge in [-0.3, -0.25) is 4.79 Å². The number of thiazole rings is 1. The number of methoxy groups -OCH3 is 1. The molecule has 0 atom stereocenters. The van der Waals surface area contributed by atoms with Crippen molar-refractivity contribution in [2.75, 3.05) is 20.2 Å². The first-order valence-electron chi connectivity index (χ1n) is 9.80. The largest absolute Gasteiger partial charge is 0.496 e. The number of nitrogens with zero attached hydrogens (tertiary/aromatic N) is 2. The zero-order chi connectivity index (χ0) is 19.9. The summed E-state index contributed by atoms with van der Waals surface area (Å²) < 4.78 is 5.56. The van der Waals surface area contributed by atoms with Crippen molar-refractivity contribution in [1.82, 2.24) is 10.4 Å². The summed E-state index contributed by atoms with van der Waals surface area (Å²) in [7, 11) is 1.71. The van der Waals surface area contributed by atoms with Gasteiger partial charge in [-0.1, -0.05) is 0 Å². The Kier molecular flexibility index (Phi) is 7.17. The van der Waals surface area contributed by atoms with E-state index in [1.807, 2.05) is 31.4 Å². The van der Waals surface area contributed by atoms with Gasteiger partial charge in [-0.05, 0) is 56.9 Å². The molecule has 6 nitrogen and oxygen atoms in total. The molecule has 3 rings (SSSR count). The van der Waals surface area contributed by atoms with Gasteiger partial charge >= 0.3 is 0 Å². The van der Waals surface area contributed by atoms with Gasteiger partial charge in [-0.2, -0.15) is 5.10 Å². The average Bonchev–Trinajstić information content (AvgIpc) is 3.11. The Hall–Kier alpha value is -2.25. The van der Waals surface area contributed by atoms with Gasteiger partial charge in [0.05, 0.1) is 43.0 Å². The molecule has 1 saturated heterocycles. The van der Waals surface area contributed by atoms with Crippen LogP contribution in [0.3, 0.4) is 0 Å². The zero-order valence-corrected chi connectivity index (χ0v) is 17.7. The van der Waals surface area contributed by atoms with Crippen LogP contribution < -0.4 is 15.1 Å². The average molecular weight is 402 g/mol. The second-order valence-electron chi connectivity index (χ2n) is 7.28. The molecule has 150 valence electrons. The zero-order valence-electron chi connectivity index (χ0n) is 16.9. The first kappa shape index (κ1) is 20.5. The van der Waals surface area contributed by atoms with Crippen LogP contribution in [0, 0.1) is 6.92 Å². The highest BCUT2D eigenvalue weighted by Crippen LogP contribution is 2.20. The quantitative estimate of drug-likeness (QED) is 0.552. The molecule has 2 heterocycles. The van der Waals surface area contributed by atoms with E-state index < -0.39 is 0 Å². The normalized spacial score (nSPS) is 15.5. The lowest BCUT2D eigenvalue weighted by molar-refractivity contribution is -0.918. The number of benzene rings is 1. The molecule has 1 aliphatic heterocycles. The topological polar surface area (TPSA) is 68.0 Å². The van der Waals surface area contributed by atoms with E-state index in [9.17, 15) is 4.79 Å². The fraction of sp³-hybridized carbons (Fsp3) is 0.476. The van der Waals surface area contributed by atoms with Crippen molar-refractivity contribution in [3.05, 3.63) is 45.4 Å². The number of hydrogen-bond donors (Lipinski definition) is 2. The smallest absolute Gasteiger partial charge is 0.246 e. The third kappa shape index (κ3) is 5.62. The molecule has 7 heteroatoms. The van der Waals surface area contributed by atoms with Crippen LogP contribution in [0.15, 0.2) is 28.7 Å². The van der Waals surface area contributed by atoms with Crippen molar-refractivity contribution in [2.45, 2.75) is 46.1 Å². The number of hydrazone groups is 1. The van der Waals surface area contributed by atoms with Gasteiger partial charge < -0.3 is 9.64 Å². The molecule has 0 spiro atoms. The molecule has 2 N–H and O–H groups in total. The van der Waals surface area contributed by atoms with Crippen LogP contribution in [-0.4, -0.2) is 36.8 Å². The van der Waals surface area contributed by atoms with Gasteiger partial charge in [-0.25, -0.2) is 10.4 Å². The fourth-order valence-corrected chi connectivity index (χ4v) is 4.16. The van der Waals surface area contributed by atoms with Crippen molar-refractivity contribution in [1.29, 1.82) is 0 Å². The molecule has 0 radical (unpaired) electrons. The monoisotopic (exact) mass is 401 g/mol. The van der Waals surface area contributed by atoms with E-state index in [-0.39, 0.29) is 12.3 Å². The number of piperidine rings is 1. The number of nitrogens with one attached hydrogen (secondary N) is 2. The van der Waals surface area contributed by atoms with Crippen LogP contribution in [0.25, 0.3) is 0 Å². The number of amides is 1. The Morgan fingerprint density at radius 1 is 1.32 bits per heavy atom. The summed E-state index contributed by atoms with van der Waals surface area (Å²) in [5.74, 6) is 0.758. The SMILES string of the molecule is COc1ccc(/C(C)=N\NC(=O)Cc2csc(C)n2)cc1C[NH+]1CCCCC1. The van der Waals surface area contributed by atoms with Crippen molar-refractivity contribution >= 4 is 23.0 Å². The molecule has 0 bridgehead atoms.